The van der Waals surface area contributed by atoms with Crippen LogP contribution in [0.1, 0.15) is 38.7 Å². The summed E-state index contributed by atoms with van der Waals surface area (Å²) in [5, 5.41) is 8.86. The molecule has 0 aromatic heterocycles. The summed E-state index contributed by atoms with van der Waals surface area (Å²) in [6.07, 6.45) is -1.49. The molecule has 0 aliphatic carbocycles. The van der Waals surface area contributed by atoms with Gasteiger partial charge >= 0.3 is 6.18 Å². The lowest BCUT2D eigenvalue weighted by Gasteiger charge is -2.04. The van der Waals surface area contributed by atoms with E-state index < -0.39 is 17.6 Å². The highest BCUT2D eigenvalue weighted by Crippen LogP contribution is 2.28. The van der Waals surface area contributed by atoms with Gasteiger partial charge in [0, 0.05) is 0 Å². The summed E-state index contributed by atoms with van der Waals surface area (Å²) in [5.41, 5.74) is -0.834. The van der Waals surface area contributed by atoms with E-state index in [-0.39, 0.29) is 6.10 Å². The molecular formula is C13H18F4O. The molecule has 0 fully saturated rings. The van der Waals surface area contributed by atoms with E-state index in [1.165, 1.54) is 0 Å². The number of halogens is 4. The zero-order valence-corrected chi connectivity index (χ0v) is 10.5. The third-order valence-corrected chi connectivity index (χ3v) is 2.26. The molecule has 1 atom stereocenters. The van der Waals surface area contributed by atoms with Gasteiger partial charge in [0.05, 0.1) is 11.7 Å². The van der Waals surface area contributed by atoms with Gasteiger partial charge in [-0.2, -0.15) is 13.2 Å². The van der Waals surface area contributed by atoms with Crippen LogP contribution in [-0.2, 0) is 6.18 Å². The van der Waals surface area contributed by atoms with E-state index in [1.54, 1.807) is 0 Å². The van der Waals surface area contributed by atoms with Crippen LogP contribution in [0, 0.1) is 5.82 Å². The van der Waals surface area contributed by atoms with E-state index >= 15 is 0 Å². The second-order valence-electron chi connectivity index (χ2n) is 3.86. The number of hydrogen-bond donors (Lipinski definition) is 1. The first-order valence-corrected chi connectivity index (χ1v) is 5.82. The van der Waals surface area contributed by atoms with Crippen molar-refractivity contribution < 1.29 is 22.7 Å². The number of alkyl halides is 3. The largest absolute Gasteiger partial charge is 0.416 e. The van der Waals surface area contributed by atoms with Crippen LogP contribution in [0.4, 0.5) is 17.6 Å². The molecule has 0 heterocycles. The molecule has 0 spiro atoms. The molecule has 0 amide bonds. The van der Waals surface area contributed by atoms with Crippen LogP contribution in [0.2, 0.25) is 0 Å². The van der Waals surface area contributed by atoms with Crippen LogP contribution in [0.15, 0.2) is 24.3 Å². The smallest absolute Gasteiger partial charge is 0.393 e. The zero-order valence-electron chi connectivity index (χ0n) is 10.5. The fourth-order valence-electron chi connectivity index (χ4n) is 1.18. The fraction of sp³-hybridized carbons (Fsp3) is 0.538. The number of rotatable bonds is 3. The summed E-state index contributed by atoms with van der Waals surface area (Å²) in [6.45, 7) is 4.08. The van der Waals surface area contributed by atoms with Gasteiger partial charge in [-0.3, -0.25) is 0 Å². The van der Waals surface area contributed by atoms with Gasteiger partial charge in [-0.1, -0.05) is 20.3 Å². The summed E-state index contributed by atoms with van der Waals surface area (Å²) < 4.78 is 47.5. The van der Waals surface area contributed by atoms with Crippen LogP contribution in [0.5, 0.6) is 0 Å². The van der Waals surface area contributed by atoms with Gasteiger partial charge in [-0.15, -0.1) is 0 Å². The van der Waals surface area contributed by atoms with Crippen molar-refractivity contribution in [2.75, 3.05) is 0 Å². The minimum Gasteiger partial charge on any atom is -0.393 e. The van der Waals surface area contributed by atoms with Crippen molar-refractivity contribution >= 4 is 0 Å². The van der Waals surface area contributed by atoms with Gasteiger partial charge < -0.3 is 5.11 Å². The Balaban J connectivity index is 0.000000360. The lowest BCUT2D eigenvalue weighted by atomic mass is 10.2. The van der Waals surface area contributed by atoms with Crippen LogP contribution >= 0.6 is 0 Å². The molecule has 18 heavy (non-hydrogen) atoms. The fourth-order valence-corrected chi connectivity index (χ4v) is 1.18. The summed E-state index contributed by atoms with van der Waals surface area (Å²) in [6, 6.07) is 2.97. The molecule has 0 saturated carbocycles. The third kappa shape index (κ3) is 7.27. The Bertz CT molecular complexity index is 319. The van der Waals surface area contributed by atoms with Gasteiger partial charge in [-0.25, -0.2) is 4.39 Å². The number of hydrogen-bond acceptors (Lipinski definition) is 1. The van der Waals surface area contributed by atoms with Gasteiger partial charge in [0.1, 0.15) is 5.82 Å². The highest BCUT2D eigenvalue weighted by molar-refractivity contribution is 5.18. The van der Waals surface area contributed by atoms with Crippen LogP contribution in [0.25, 0.3) is 0 Å². The Morgan fingerprint density at radius 3 is 1.89 bits per heavy atom. The van der Waals surface area contributed by atoms with E-state index in [2.05, 4.69) is 6.92 Å². The SMILES string of the molecule is CCCC(O)CC.Fc1ccc(C(F)(F)F)cc1. The minimum atomic E-state index is -4.38. The van der Waals surface area contributed by atoms with Crippen LogP contribution in [-0.4, -0.2) is 11.2 Å². The summed E-state index contributed by atoms with van der Waals surface area (Å²) in [5.74, 6) is -0.669. The van der Waals surface area contributed by atoms with Crippen molar-refractivity contribution in [3.8, 4) is 0 Å². The molecule has 1 nitrogen and oxygen atoms in total. The number of aliphatic hydroxyl groups is 1. The highest BCUT2D eigenvalue weighted by Gasteiger charge is 2.29. The summed E-state index contributed by atoms with van der Waals surface area (Å²) in [4.78, 5) is 0. The molecule has 1 aromatic rings. The monoisotopic (exact) mass is 266 g/mol. The molecule has 104 valence electrons. The van der Waals surface area contributed by atoms with Gasteiger partial charge in [0.25, 0.3) is 0 Å². The average Bonchev–Trinajstić information content (AvgIpc) is 2.29. The Morgan fingerprint density at radius 2 is 1.61 bits per heavy atom. The molecule has 0 aliphatic heterocycles. The van der Waals surface area contributed by atoms with Gasteiger partial charge in [0.15, 0.2) is 0 Å². The van der Waals surface area contributed by atoms with Gasteiger partial charge in [-0.05, 0) is 37.1 Å². The van der Waals surface area contributed by atoms with Crippen molar-refractivity contribution in [1.29, 1.82) is 0 Å². The van der Waals surface area contributed by atoms with Crippen molar-refractivity contribution in [3.63, 3.8) is 0 Å². The molecule has 1 unspecified atom stereocenters. The molecule has 0 radical (unpaired) electrons. The molecule has 0 saturated heterocycles. The first-order valence-electron chi connectivity index (χ1n) is 5.82. The second kappa shape index (κ2) is 8.08. The van der Waals surface area contributed by atoms with Gasteiger partial charge in [0.2, 0.25) is 0 Å². The Hall–Kier alpha value is -1.10. The number of benzene rings is 1. The van der Waals surface area contributed by atoms with E-state index in [4.69, 9.17) is 5.11 Å². The Labute approximate surface area is 104 Å². The zero-order chi connectivity index (χ0) is 14.2. The molecule has 0 bridgehead atoms. The quantitative estimate of drug-likeness (QED) is 0.804. The maximum Gasteiger partial charge on any atom is 0.416 e. The van der Waals surface area contributed by atoms with Crippen LogP contribution < -0.4 is 0 Å². The first-order chi connectivity index (χ1) is 8.31. The molecule has 1 N–H and O–H groups in total. The van der Waals surface area contributed by atoms with Crippen molar-refractivity contribution in [2.45, 2.75) is 45.4 Å². The van der Waals surface area contributed by atoms with E-state index in [1.807, 2.05) is 6.92 Å². The maximum atomic E-state index is 12.1. The molecular weight excluding hydrogens is 248 g/mol. The molecule has 0 aliphatic rings. The lowest BCUT2D eigenvalue weighted by molar-refractivity contribution is -0.137. The number of aliphatic hydroxyl groups excluding tert-OH is 1. The molecule has 1 rings (SSSR count). The first kappa shape index (κ1) is 16.9. The highest BCUT2D eigenvalue weighted by atomic mass is 19.4. The minimum absolute atomic E-state index is 0.0509. The maximum absolute atomic E-state index is 12.1. The molecule has 1 aromatic carbocycles. The second-order valence-corrected chi connectivity index (χ2v) is 3.86. The van der Waals surface area contributed by atoms with Crippen molar-refractivity contribution in [1.82, 2.24) is 0 Å². The summed E-state index contributed by atoms with van der Waals surface area (Å²) >= 11 is 0. The normalized spacial score (nSPS) is 12.6. The molecule has 5 heteroatoms. The predicted octanol–water partition coefficient (Wildman–Crippen LogP) is 4.40. The van der Waals surface area contributed by atoms with Crippen molar-refractivity contribution in [3.05, 3.63) is 35.6 Å². The topological polar surface area (TPSA) is 20.2 Å². The Morgan fingerprint density at radius 1 is 1.11 bits per heavy atom. The van der Waals surface area contributed by atoms with Crippen molar-refractivity contribution in [2.24, 2.45) is 0 Å². The summed E-state index contributed by atoms with van der Waals surface area (Å²) in [7, 11) is 0. The Kier molecular flexibility index (Phi) is 7.59. The average molecular weight is 266 g/mol. The predicted molar refractivity (Wildman–Crippen MR) is 62.6 cm³/mol. The van der Waals surface area contributed by atoms with E-state index in [0.717, 1.165) is 31.4 Å². The van der Waals surface area contributed by atoms with E-state index in [9.17, 15) is 17.6 Å². The van der Waals surface area contributed by atoms with E-state index in [0.29, 0.717) is 12.1 Å². The van der Waals surface area contributed by atoms with Crippen LogP contribution in [0.3, 0.4) is 0 Å². The lowest BCUT2D eigenvalue weighted by Crippen LogP contribution is -2.03. The third-order valence-electron chi connectivity index (χ3n) is 2.26. The standard InChI is InChI=1S/C7H4F4.C6H14O/c8-6-3-1-5(2-4-6)7(9,10)11;1-3-5-6(7)4-2/h1-4H;6-7H,3-5H2,1-2H3.